The van der Waals surface area contributed by atoms with Crippen molar-refractivity contribution in [1.29, 1.82) is 0 Å². The Hall–Kier alpha value is -4.00. The number of aromatic amines is 3. The lowest BCUT2D eigenvalue weighted by molar-refractivity contribution is -0.449. The molecule has 3 heterocycles. The normalized spacial score (nSPS) is 10.4. The Kier molecular flexibility index (Phi) is 4.48. The minimum Gasteiger partial charge on any atom is -0.294 e. The Morgan fingerprint density at radius 2 is 1.00 bits per heavy atom. The zero-order chi connectivity index (χ0) is 17.6. The highest BCUT2D eigenvalue weighted by atomic mass is 17.2. The smallest absolute Gasteiger partial charge is 0.294 e. The van der Waals surface area contributed by atoms with E-state index in [0.717, 1.165) is 0 Å². The molecule has 3 aromatic heterocycles. The van der Waals surface area contributed by atoms with Gasteiger partial charge in [0.2, 0.25) is 5.39 Å². The van der Waals surface area contributed by atoms with Gasteiger partial charge in [0.15, 0.2) is 0 Å². The Labute approximate surface area is 137 Å². The average molecular weight is 347 g/mol. The van der Waals surface area contributed by atoms with Crippen LogP contribution >= 0.6 is 0 Å². The van der Waals surface area contributed by atoms with Crippen LogP contribution in [-0.2, 0) is 14.5 Å². The van der Waals surface area contributed by atoms with E-state index in [1.54, 1.807) is 0 Å². The topological polar surface area (TPSA) is 168 Å². The lowest BCUT2D eigenvalue weighted by atomic mass is 10.4. The Balaban J connectivity index is 1.71. The van der Waals surface area contributed by atoms with E-state index in [4.69, 9.17) is 14.5 Å². The van der Waals surface area contributed by atoms with Crippen LogP contribution in [0.15, 0.2) is 36.8 Å². The van der Waals surface area contributed by atoms with E-state index < -0.39 is 17.9 Å². The highest BCUT2D eigenvalue weighted by molar-refractivity contribution is 5.89. The summed E-state index contributed by atoms with van der Waals surface area (Å²) in [4.78, 5) is 49.8. The Morgan fingerprint density at radius 3 is 1.24 bits per heavy atom. The number of nitrogens with zero attached hydrogens (tertiary/aromatic N) is 4. The van der Waals surface area contributed by atoms with Crippen LogP contribution in [0, 0.1) is 0 Å². The predicted molar refractivity (Wildman–Crippen MR) is 73.8 cm³/mol. The molecule has 128 valence electrons. The molecule has 3 N–H and O–H groups in total. The van der Waals surface area contributed by atoms with Crippen LogP contribution in [0.2, 0.25) is 0 Å². The quantitative estimate of drug-likeness (QED) is 0.506. The molecule has 0 amide bonds. The SMILES string of the molecule is O=C(ON(OC(=O)c1ccn[nH]1)OC(=O)c1ccn[nH]1)c1ccn[nH]1. The fourth-order valence-electron chi connectivity index (χ4n) is 1.52. The molecule has 0 bridgehead atoms. The van der Waals surface area contributed by atoms with Crippen molar-refractivity contribution in [2.75, 3.05) is 0 Å². The number of aromatic nitrogens is 6. The Morgan fingerprint density at radius 1 is 0.680 bits per heavy atom. The second-order valence-electron chi connectivity index (χ2n) is 4.27. The van der Waals surface area contributed by atoms with Gasteiger partial charge in [-0.1, -0.05) is 0 Å². The summed E-state index contributed by atoms with van der Waals surface area (Å²) < 4.78 is 0. The standard InChI is InChI=1S/C12H9N7O6/c20-10(7-1-4-13-16-7)23-19(24-11(21)8-2-5-14-17-8)25-12(22)9-3-6-15-18-9/h1-6H,(H,13,16)(H,14,17)(H,15,18). The van der Waals surface area contributed by atoms with Crippen molar-refractivity contribution in [3.8, 4) is 0 Å². The monoisotopic (exact) mass is 347 g/mol. The van der Waals surface area contributed by atoms with Gasteiger partial charge in [-0.05, 0) is 18.2 Å². The summed E-state index contributed by atoms with van der Waals surface area (Å²) in [6, 6.07) is 3.90. The number of hydrogen-bond donors (Lipinski definition) is 3. The van der Waals surface area contributed by atoms with Crippen molar-refractivity contribution in [2.24, 2.45) is 0 Å². The van der Waals surface area contributed by atoms with E-state index in [1.165, 1.54) is 36.8 Å². The predicted octanol–water partition coefficient (Wildman–Crippen LogP) is -0.226. The number of hydrogen-bond acceptors (Lipinski definition) is 10. The van der Waals surface area contributed by atoms with Gasteiger partial charge in [0, 0.05) is 18.6 Å². The van der Waals surface area contributed by atoms with E-state index in [-0.39, 0.29) is 22.5 Å². The summed E-state index contributed by atoms with van der Waals surface area (Å²) in [5, 5.41) is 17.7. The van der Waals surface area contributed by atoms with Gasteiger partial charge in [0.25, 0.3) is 0 Å². The van der Waals surface area contributed by atoms with Gasteiger partial charge < -0.3 is 0 Å². The van der Waals surface area contributed by atoms with Gasteiger partial charge in [0.05, 0.1) is 0 Å². The van der Waals surface area contributed by atoms with Crippen LogP contribution < -0.4 is 0 Å². The first-order valence-corrected chi connectivity index (χ1v) is 6.58. The molecular formula is C12H9N7O6. The van der Waals surface area contributed by atoms with Crippen LogP contribution in [0.1, 0.15) is 31.5 Å². The van der Waals surface area contributed by atoms with E-state index in [0.29, 0.717) is 0 Å². The van der Waals surface area contributed by atoms with E-state index in [1.807, 2.05) is 0 Å². The number of nitrogens with one attached hydrogen (secondary N) is 3. The fourth-order valence-corrected chi connectivity index (χ4v) is 1.52. The van der Waals surface area contributed by atoms with Crippen LogP contribution in [-0.4, -0.2) is 53.9 Å². The van der Waals surface area contributed by atoms with E-state index >= 15 is 0 Å². The first-order chi connectivity index (χ1) is 12.1. The second kappa shape index (κ2) is 7.05. The highest BCUT2D eigenvalue weighted by Crippen LogP contribution is 2.07. The molecule has 0 aromatic carbocycles. The lowest BCUT2D eigenvalue weighted by Crippen LogP contribution is -2.33. The van der Waals surface area contributed by atoms with Crippen LogP contribution in [0.5, 0.6) is 0 Å². The van der Waals surface area contributed by atoms with Crippen LogP contribution in [0.4, 0.5) is 0 Å². The third-order valence-electron chi connectivity index (χ3n) is 2.63. The molecule has 0 saturated heterocycles. The van der Waals surface area contributed by atoms with Crippen molar-refractivity contribution < 1.29 is 28.9 Å². The van der Waals surface area contributed by atoms with Gasteiger partial charge in [-0.15, -0.1) is 0 Å². The molecule has 13 heteroatoms. The highest BCUT2D eigenvalue weighted by Gasteiger charge is 2.26. The van der Waals surface area contributed by atoms with Gasteiger partial charge in [-0.2, -0.15) is 15.3 Å². The lowest BCUT2D eigenvalue weighted by Gasteiger charge is -2.16. The van der Waals surface area contributed by atoms with Crippen molar-refractivity contribution in [3.63, 3.8) is 0 Å². The number of H-pyrrole nitrogens is 3. The van der Waals surface area contributed by atoms with Crippen molar-refractivity contribution in [2.45, 2.75) is 0 Å². The van der Waals surface area contributed by atoms with Crippen molar-refractivity contribution >= 4 is 17.9 Å². The number of rotatable bonds is 6. The van der Waals surface area contributed by atoms with Gasteiger partial charge in [-0.25, -0.2) is 14.4 Å². The number of carbonyl (C=O) groups excluding carboxylic acids is 3. The molecule has 0 aliphatic rings. The summed E-state index contributed by atoms with van der Waals surface area (Å²) in [5.41, 5.74) is -0.208. The zero-order valence-corrected chi connectivity index (χ0v) is 12.2. The molecule has 0 aliphatic heterocycles. The molecule has 0 unspecified atom stereocenters. The summed E-state index contributed by atoms with van der Waals surface area (Å²) in [7, 11) is 0. The molecule has 0 spiro atoms. The molecule has 3 rings (SSSR count). The summed E-state index contributed by atoms with van der Waals surface area (Å²) in [6.07, 6.45) is 3.90. The summed E-state index contributed by atoms with van der Waals surface area (Å²) in [6.45, 7) is 0. The maximum atomic E-state index is 11.9. The summed E-state index contributed by atoms with van der Waals surface area (Å²) >= 11 is 0. The molecule has 13 nitrogen and oxygen atoms in total. The molecule has 0 aliphatic carbocycles. The maximum Gasteiger partial charge on any atom is 0.381 e. The largest absolute Gasteiger partial charge is 0.381 e. The number of carbonyl (C=O) groups is 3. The van der Waals surface area contributed by atoms with Gasteiger partial charge in [0.1, 0.15) is 17.1 Å². The molecule has 3 aromatic rings. The first-order valence-electron chi connectivity index (χ1n) is 6.58. The molecule has 0 radical (unpaired) electrons. The van der Waals surface area contributed by atoms with E-state index in [2.05, 4.69) is 30.6 Å². The van der Waals surface area contributed by atoms with Gasteiger partial charge in [-0.3, -0.25) is 29.8 Å². The maximum absolute atomic E-state index is 11.9. The third kappa shape index (κ3) is 3.85. The zero-order valence-electron chi connectivity index (χ0n) is 12.2. The van der Waals surface area contributed by atoms with Crippen LogP contribution in [0.25, 0.3) is 0 Å². The molecule has 25 heavy (non-hydrogen) atoms. The van der Waals surface area contributed by atoms with Crippen molar-refractivity contribution in [1.82, 2.24) is 36.0 Å². The first kappa shape index (κ1) is 15.9. The average Bonchev–Trinajstić information content (AvgIpc) is 3.38. The molecule has 0 atom stereocenters. The molecule has 0 fully saturated rings. The fraction of sp³-hybridized carbons (Fsp3) is 0. The van der Waals surface area contributed by atoms with Crippen LogP contribution in [0.3, 0.4) is 0 Å². The minimum absolute atomic E-state index is 0.0322. The van der Waals surface area contributed by atoms with E-state index in [9.17, 15) is 14.4 Å². The minimum atomic E-state index is -1.02. The third-order valence-corrected chi connectivity index (χ3v) is 2.63. The van der Waals surface area contributed by atoms with Gasteiger partial charge >= 0.3 is 17.9 Å². The molecule has 0 saturated carbocycles. The van der Waals surface area contributed by atoms with Crippen molar-refractivity contribution in [3.05, 3.63) is 53.9 Å². The molecular weight excluding hydrogens is 338 g/mol. The summed E-state index contributed by atoms with van der Waals surface area (Å²) in [5.74, 6) is -3.06. The Bertz CT molecular complexity index is 728. The second-order valence-corrected chi connectivity index (χ2v) is 4.27.